The summed E-state index contributed by atoms with van der Waals surface area (Å²) in [4.78, 5) is 0. The van der Waals surface area contributed by atoms with Crippen molar-refractivity contribution in [1.29, 1.82) is 0 Å². The summed E-state index contributed by atoms with van der Waals surface area (Å²) in [7, 11) is -2.04. The molecule has 0 bridgehead atoms. The first-order valence-electron chi connectivity index (χ1n) is 5.68. The molecule has 1 saturated heterocycles. The zero-order valence-corrected chi connectivity index (χ0v) is 13.5. The third-order valence-electron chi connectivity index (χ3n) is 2.52. The summed E-state index contributed by atoms with van der Waals surface area (Å²) in [6.07, 6.45) is 0.993. The van der Waals surface area contributed by atoms with Gasteiger partial charge in [0.05, 0.1) is 32.5 Å². The maximum Gasteiger partial charge on any atom is 0.264 e. The lowest BCUT2D eigenvalue weighted by atomic mass is 10.1. The van der Waals surface area contributed by atoms with Gasteiger partial charge < -0.3 is 9.47 Å². The van der Waals surface area contributed by atoms with Crippen LogP contribution in [0.1, 0.15) is 5.56 Å². The minimum Gasteiger partial charge on any atom is -0.342 e. The van der Waals surface area contributed by atoms with E-state index in [0.29, 0.717) is 18.2 Å². The minimum atomic E-state index is -3.16. The summed E-state index contributed by atoms with van der Waals surface area (Å²) in [5.74, 6) is -0.485. The SMILES string of the molecule is COS(C)(=O)=O.ClCC1(c2ccc(Cl)cc2)OCCO1. The molecule has 0 aliphatic carbocycles. The van der Waals surface area contributed by atoms with Gasteiger partial charge in [0.1, 0.15) is 0 Å². The van der Waals surface area contributed by atoms with Crippen molar-refractivity contribution in [3.8, 4) is 0 Å². The van der Waals surface area contributed by atoms with Crippen molar-refractivity contribution in [1.82, 2.24) is 0 Å². The molecular weight excluding hydrogens is 327 g/mol. The predicted octanol–water partition coefficient (Wildman–Crippen LogP) is 2.37. The second kappa shape index (κ2) is 7.59. The smallest absolute Gasteiger partial charge is 0.264 e. The summed E-state index contributed by atoms with van der Waals surface area (Å²) >= 11 is 11.6. The van der Waals surface area contributed by atoms with E-state index in [9.17, 15) is 8.42 Å². The molecule has 1 aromatic rings. The summed E-state index contributed by atoms with van der Waals surface area (Å²) in [5, 5.41) is 0.691. The highest BCUT2D eigenvalue weighted by Crippen LogP contribution is 2.33. The standard InChI is InChI=1S/C10H10Cl2O2.C2H6O3S/c11-7-10(13-5-6-14-10)8-1-3-9(12)4-2-8;1-5-6(2,3)4/h1-4H,5-7H2;1-2H3. The summed E-state index contributed by atoms with van der Waals surface area (Å²) < 4.78 is 34.5. The Bertz CT molecular complexity index is 509. The second-order valence-corrected chi connectivity index (χ2v) is 6.41. The maximum absolute atomic E-state index is 9.78. The van der Waals surface area contributed by atoms with Gasteiger partial charge in [0.2, 0.25) is 5.79 Å². The van der Waals surface area contributed by atoms with E-state index in [1.807, 2.05) is 12.1 Å². The van der Waals surface area contributed by atoms with Crippen LogP contribution >= 0.6 is 23.2 Å². The van der Waals surface area contributed by atoms with Crippen molar-refractivity contribution in [3.63, 3.8) is 0 Å². The Kier molecular flexibility index (Phi) is 6.71. The summed E-state index contributed by atoms with van der Waals surface area (Å²) in [6, 6.07) is 7.35. The normalized spacial score (nSPS) is 17.4. The average Bonchev–Trinajstić information content (AvgIpc) is 2.89. The van der Waals surface area contributed by atoms with E-state index in [1.54, 1.807) is 12.1 Å². The minimum absolute atomic E-state index is 0.286. The van der Waals surface area contributed by atoms with Crippen LogP contribution in [0.2, 0.25) is 5.02 Å². The Morgan fingerprint density at radius 3 is 2.05 bits per heavy atom. The van der Waals surface area contributed by atoms with Gasteiger partial charge in [-0.3, -0.25) is 4.18 Å². The number of halogens is 2. The Morgan fingerprint density at radius 1 is 1.25 bits per heavy atom. The van der Waals surface area contributed by atoms with Gasteiger partial charge >= 0.3 is 0 Å². The molecule has 20 heavy (non-hydrogen) atoms. The summed E-state index contributed by atoms with van der Waals surface area (Å²) in [5.41, 5.74) is 0.911. The topological polar surface area (TPSA) is 61.8 Å². The van der Waals surface area contributed by atoms with Gasteiger partial charge in [0.25, 0.3) is 10.1 Å². The zero-order chi connectivity index (χ0) is 15.2. The van der Waals surface area contributed by atoms with E-state index in [2.05, 4.69) is 4.18 Å². The largest absolute Gasteiger partial charge is 0.342 e. The molecule has 0 unspecified atom stereocenters. The molecule has 0 aromatic heterocycles. The van der Waals surface area contributed by atoms with Gasteiger partial charge in [0, 0.05) is 10.6 Å². The van der Waals surface area contributed by atoms with Crippen molar-refractivity contribution in [2.45, 2.75) is 5.79 Å². The zero-order valence-electron chi connectivity index (χ0n) is 11.1. The predicted molar refractivity (Wildman–Crippen MR) is 77.6 cm³/mol. The molecule has 0 radical (unpaired) electrons. The van der Waals surface area contributed by atoms with E-state index >= 15 is 0 Å². The number of ether oxygens (including phenoxy) is 2. The number of hydrogen-bond acceptors (Lipinski definition) is 5. The number of benzene rings is 1. The first-order valence-corrected chi connectivity index (χ1v) is 8.41. The number of rotatable bonds is 3. The molecule has 0 N–H and O–H groups in total. The van der Waals surface area contributed by atoms with Crippen LogP contribution in [-0.2, 0) is 29.6 Å². The molecule has 5 nitrogen and oxygen atoms in total. The quantitative estimate of drug-likeness (QED) is 0.623. The fraction of sp³-hybridized carbons (Fsp3) is 0.500. The van der Waals surface area contributed by atoms with Crippen molar-refractivity contribution in [2.24, 2.45) is 0 Å². The molecule has 0 amide bonds. The lowest BCUT2D eigenvalue weighted by Crippen LogP contribution is -2.29. The maximum atomic E-state index is 9.78. The lowest BCUT2D eigenvalue weighted by molar-refractivity contribution is -0.146. The van der Waals surface area contributed by atoms with Crippen LogP contribution < -0.4 is 0 Å². The molecule has 8 heteroatoms. The molecule has 1 aliphatic heterocycles. The van der Waals surface area contributed by atoms with Gasteiger partial charge in [-0.1, -0.05) is 23.7 Å². The monoisotopic (exact) mass is 342 g/mol. The number of hydrogen-bond donors (Lipinski definition) is 0. The highest BCUT2D eigenvalue weighted by atomic mass is 35.5. The van der Waals surface area contributed by atoms with Gasteiger partial charge in [0.15, 0.2) is 0 Å². The van der Waals surface area contributed by atoms with Gasteiger partial charge in [-0.05, 0) is 12.1 Å². The van der Waals surface area contributed by atoms with Crippen LogP contribution in [0.3, 0.4) is 0 Å². The van der Waals surface area contributed by atoms with E-state index in [4.69, 9.17) is 32.7 Å². The van der Waals surface area contributed by atoms with Crippen LogP contribution in [0, 0.1) is 0 Å². The molecule has 0 spiro atoms. The third-order valence-corrected chi connectivity index (χ3v) is 3.73. The van der Waals surface area contributed by atoms with Gasteiger partial charge in [-0.25, -0.2) is 0 Å². The van der Waals surface area contributed by atoms with Crippen LogP contribution in [0.5, 0.6) is 0 Å². The molecule has 1 aromatic carbocycles. The Morgan fingerprint density at radius 2 is 1.70 bits per heavy atom. The van der Waals surface area contributed by atoms with E-state index < -0.39 is 15.9 Å². The first-order chi connectivity index (χ1) is 9.33. The fourth-order valence-electron chi connectivity index (χ4n) is 1.48. The molecule has 0 saturated carbocycles. The van der Waals surface area contributed by atoms with E-state index in [1.165, 1.54) is 0 Å². The molecule has 114 valence electrons. The molecule has 2 rings (SSSR count). The highest BCUT2D eigenvalue weighted by molar-refractivity contribution is 7.85. The fourth-order valence-corrected chi connectivity index (χ4v) is 1.91. The van der Waals surface area contributed by atoms with Crippen molar-refractivity contribution >= 4 is 33.3 Å². The van der Waals surface area contributed by atoms with E-state index in [0.717, 1.165) is 18.9 Å². The molecule has 1 heterocycles. The molecular formula is C12H16Cl2O5S. The van der Waals surface area contributed by atoms with Crippen molar-refractivity contribution < 1.29 is 22.1 Å². The Hall–Kier alpha value is -0.370. The first kappa shape index (κ1) is 17.7. The van der Waals surface area contributed by atoms with Crippen LogP contribution in [-0.4, -0.2) is 40.9 Å². The molecule has 1 fully saturated rings. The van der Waals surface area contributed by atoms with Gasteiger partial charge in [-0.15, -0.1) is 11.6 Å². The van der Waals surface area contributed by atoms with Crippen LogP contribution in [0.25, 0.3) is 0 Å². The summed E-state index contributed by atoms with van der Waals surface area (Å²) in [6.45, 7) is 1.16. The Labute approximate surface area is 128 Å². The second-order valence-electron chi connectivity index (χ2n) is 3.96. The Balaban J connectivity index is 0.000000286. The van der Waals surface area contributed by atoms with Crippen LogP contribution in [0.4, 0.5) is 0 Å². The van der Waals surface area contributed by atoms with E-state index in [-0.39, 0.29) is 5.88 Å². The third kappa shape index (κ3) is 5.20. The molecule has 0 atom stereocenters. The lowest BCUT2D eigenvalue weighted by Gasteiger charge is -2.25. The van der Waals surface area contributed by atoms with Gasteiger partial charge in [-0.2, -0.15) is 8.42 Å². The molecule has 1 aliphatic rings. The van der Waals surface area contributed by atoms with Crippen molar-refractivity contribution in [2.75, 3.05) is 32.5 Å². The van der Waals surface area contributed by atoms with Crippen LogP contribution in [0.15, 0.2) is 24.3 Å². The average molecular weight is 343 g/mol. The van der Waals surface area contributed by atoms with Crippen molar-refractivity contribution in [3.05, 3.63) is 34.9 Å². The highest BCUT2D eigenvalue weighted by Gasteiger charge is 2.37. The number of alkyl halides is 1.